The molecule has 0 aromatic heterocycles. The van der Waals surface area contributed by atoms with Crippen LogP contribution >= 0.6 is 23.2 Å². The highest BCUT2D eigenvalue weighted by molar-refractivity contribution is 7.92. The fraction of sp³-hybridized carbons (Fsp3) is 0.200. The Balaban J connectivity index is 1.49. The van der Waals surface area contributed by atoms with Gasteiger partial charge in [0.2, 0.25) is 0 Å². The SMILES string of the molecule is Cc1c(Cl)cccc1NS(=O)(=O)c1ccc2c(c1)[C@H]1C=CC[C@H]1[C@@H](c1ccc(Cl)cc1)N2. The maximum absolute atomic E-state index is 13.2. The van der Waals surface area contributed by atoms with E-state index in [9.17, 15) is 8.42 Å². The highest BCUT2D eigenvalue weighted by Gasteiger charge is 2.38. The van der Waals surface area contributed by atoms with Crippen molar-refractivity contribution in [1.82, 2.24) is 0 Å². The molecule has 5 rings (SSSR count). The van der Waals surface area contributed by atoms with E-state index < -0.39 is 10.0 Å². The lowest BCUT2D eigenvalue weighted by Gasteiger charge is -2.37. The highest BCUT2D eigenvalue weighted by atomic mass is 35.5. The second-order valence-electron chi connectivity index (χ2n) is 8.29. The van der Waals surface area contributed by atoms with Crippen LogP contribution in [0.15, 0.2) is 77.7 Å². The van der Waals surface area contributed by atoms with Gasteiger partial charge in [-0.15, -0.1) is 0 Å². The van der Waals surface area contributed by atoms with Gasteiger partial charge in [0.15, 0.2) is 0 Å². The van der Waals surface area contributed by atoms with Gasteiger partial charge in [-0.25, -0.2) is 8.42 Å². The molecule has 0 spiro atoms. The van der Waals surface area contributed by atoms with E-state index in [1.807, 2.05) is 18.2 Å². The Hall–Kier alpha value is -2.47. The van der Waals surface area contributed by atoms with Crippen LogP contribution in [-0.4, -0.2) is 8.42 Å². The second-order valence-corrected chi connectivity index (χ2v) is 10.8. The summed E-state index contributed by atoms with van der Waals surface area (Å²) in [6.07, 6.45) is 5.31. The highest BCUT2D eigenvalue weighted by Crippen LogP contribution is 2.50. The van der Waals surface area contributed by atoms with E-state index in [4.69, 9.17) is 23.2 Å². The van der Waals surface area contributed by atoms with E-state index in [0.717, 1.165) is 17.7 Å². The van der Waals surface area contributed by atoms with Crippen molar-refractivity contribution in [2.24, 2.45) is 5.92 Å². The molecule has 2 N–H and O–H groups in total. The van der Waals surface area contributed by atoms with Crippen LogP contribution < -0.4 is 10.0 Å². The Morgan fingerprint density at radius 2 is 1.81 bits per heavy atom. The van der Waals surface area contributed by atoms with Crippen LogP contribution in [0.3, 0.4) is 0 Å². The van der Waals surface area contributed by atoms with E-state index >= 15 is 0 Å². The minimum Gasteiger partial charge on any atom is -0.378 e. The Bertz CT molecular complexity index is 1320. The van der Waals surface area contributed by atoms with Gasteiger partial charge in [0.25, 0.3) is 10.0 Å². The maximum atomic E-state index is 13.2. The zero-order chi connectivity index (χ0) is 22.5. The molecule has 0 amide bonds. The van der Waals surface area contributed by atoms with Gasteiger partial charge in [-0.2, -0.15) is 0 Å². The zero-order valence-electron chi connectivity index (χ0n) is 17.3. The van der Waals surface area contributed by atoms with Gasteiger partial charge in [-0.1, -0.05) is 53.6 Å². The number of hydrogen-bond donors (Lipinski definition) is 2. The number of fused-ring (bicyclic) bond motifs is 3. The zero-order valence-corrected chi connectivity index (χ0v) is 19.7. The van der Waals surface area contributed by atoms with Crippen LogP contribution in [0.1, 0.15) is 35.1 Å². The van der Waals surface area contributed by atoms with Crippen LogP contribution in [0.5, 0.6) is 0 Å². The molecular weight excluding hydrogens is 463 g/mol. The van der Waals surface area contributed by atoms with Crippen LogP contribution in [0.2, 0.25) is 10.0 Å². The van der Waals surface area contributed by atoms with Crippen LogP contribution in [-0.2, 0) is 10.0 Å². The summed E-state index contributed by atoms with van der Waals surface area (Å²) in [5.41, 5.74) is 4.31. The van der Waals surface area contributed by atoms with Crippen molar-refractivity contribution in [3.05, 3.63) is 99.6 Å². The van der Waals surface area contributed by atoms with E-state index in [1.54, 1.807) is 37.3 Å². The van der Waals surface area contributed by atoms with E-state index in [0.29, 0.717) is 27.2 Å². The van der Waals surface area contributed by atoms with Crippen LogP contribution in [0.25, 0.3) is 0 Å². The van der Waals surface area contributed by atoms with Crippen molar-refractivity contribution in [3.8, 4) is 0 Å². The molecule has 0 saturated heterocycles. The summed E-state index contributed by atoms with van der Waals surface area (Å²) in [4.78, 5) is 0.237. The van der Waals surface area contributed by atoms with E-state index in [1.165, 1.54) is 5.56 Å². The lowest BCUT2D eigenvalue weighted by atomic mass is 9.77. The van der Waals surface area contributed by atoms with Gasteiger partial charge in [0.1, 0.15) is 0 Å². The minimum absolute atomic E-state index is 0.134. The molecule has 4 nitrogen and oxygen atoms in total. The van der Waals surface area contributed by atoms with Crippen molar-refractivity contribution in [2.75, 3.05) is 10.0 Å². The van der Waals surface area contributed by atoms with Crippen molar-refractivity contribution in [1.29, 1.82) is 0 Å². The topological polar surface area (TPSA) is 58.2 Å². The molecule has 164 valence electrons. The largest absolute Gasteiger partial charge is 0.378 e. The van der Waals surface area contributed by atoms with Crippen molar-refractivity contribution in [3.63, 3.8) is 0 Å². The molecule has 1 aliphatic carbocycles. The predicted octanol–water partition coefficient (Wildman–Crippen LogP) is 6.93. The number of allylic oxidation sites excluding steroid dienone is 2. The number of halogens is 2. The standard InChI is InChI=1S/C25H22Cl2N2O2S/c1-15-22(27)6-3-7-23(15)29-32(30,31)18-12-13-24-21(14-18)19-4-2-5-20(19)25(28-24)16-8-10-17(26)11-9-16/h2-4,6-14,19-20,25,28-29H,5H2,1H3/t19-,20+,25+/m0/s1. The summed E-state index contributed by atoms with van der Waals surface area (Å²) in [7, 11) is -3.76. The van der Waals surface area contributed by atoms with Crippen molar-refractivity contribution >= 4 is 44.6 Å². The molecule has 1 aliphatic heterocycles. The third kappa shape index (κ3) is 3.79. The quantitative estimate of drug-likeness (QED) is 0.394. The minimum atomic E-state index is -3.76. The molecule has 2 aliphatic rings. The monoisotopic (exact) mass is 484 g/mol. The van der Waals surface area contributed by atoms with E-state index in [2.05, 4.69) is 34.3 Å². The molecule has 0 saturated carbocycles. The molecule has 0 bridgehead atoms. The smallest absolute Gasteiger partial charge is 0.261 e. The van der Waals surface area contributed by atoms with Gasteiger partial charge < -0.3 is 5.32 Å². The van der Waals surface area contributed by atoms with Gasteiger partial charge in [0.05, 0.1) is 16.6 Å². The summed E-state index contributed by atoms with van der Waals surface area (Å²) in [5, 5.41) is 4.87. The molecule has 32 heavy (non-hydrogen) atoms. The van der Waals surface area contributed by atoms with Gasteiger partial charge in [-0.3, -0.25) is 4.72 Å². The normalized spacial score (nSPS) is 21.5. The fourth-order valence-corrected chi connectivity index (χ4v) is 6.12. The Labute approximate surface area is 198 Å². The van der Waals surface area contributed by atoms with Crippen LogP contribution in [0, 0.1) is 12.8 Å². The Kier molecular flexibility index (Phi) is 5.44. The number of benzene rings is 3. The molecule has 0 unspecified atom stereocenters. The third-order valence-corrected chi connectivity index (χ3v) is 8.41. The summed E-state index contributed by atoms with van der Waals surface area (Å²) >= 11 is 12.2. The van der Waals surface area contributed by atoms with Crippen molar-refractivity contribution in [2.45, 2.75) is 30.2 Å². The summed E-state index contributed by atoms with van der Waals surface area (Å²) in [6.45, 7) is 1.79. The van der Waals surface area contributed by atoms with Gasteiger partial charge in [0, 0.05) is 21.7 Å². The number of sulfonamides is 1. The van der Waals surface area contributed by atoms with E-state index in [-0.39, 0.29) is 16.9 Å². The molecule has 3 aromatic rings. The molecule has 3 aromatic carbocycles. The molecule has 0 radical (unpaired) electrons. The Morgan fingerprint density at radius 3 is 2.59 bits per heavy atom. The van der Waals surface area contributed by atoms with Crippen LogP contribution in [0.4, 0.5) is 11.4 Å². The first-order valence-electron chi connectivity index (χ1n) is 10.4. The van der Waals surface area contributed by atoms with Gasteiger partial charge in [-0.05, 0) is 78.4 Å². The second kappa shape index (κ2) is 8.14. The average molecular weight is 485 g/mol. The first-order valence-corrected chi connectivity index (χ1v) is 12.7. The predicted molar refractivity (Wildman–Crippen MR) is 131 cm³/mol. The maximum Gasteiger partial charge on any atom is 0.261 e. The summed E-state index contributed by atoms with van der Waals surface area (Å²) < 4.78 is 29.0. The first-order chi connectivity index (χ1) is 15.3. The Morgan fingerprint density at radius 1 is 1.03 bits per heavy atom. The number of rotatable bonds is 4. The average Bonchev–Trinajstić information content (AvgIpc) is 3.27. The molecule has 1 heterocycles. The third-order valence-electron chi connectivity index (χ3n) is 6.39. The fourth-order valence-electron chi connectivity index (χ4n) is 4.66. The first kappa shape index (κ1) is 21.4. The number of nitrogens with one attached hydrogen (secondary N) is 2. The molecule has 3 atom stereocenters. The summed E-state index contributed by atoms with van der Waals surface area (Å²) in [5.74, 6) is 0.458. The lowest BCUT2D eigenvalue weighted by molar-refractivity contribution is 0.425. The summed E-state index contributed by atoms with van der Waals surface area (Å²) in [6, 6.07) is 18.5. The molecule has 7 heteroatoms. The lowest BCUT2D eigenvalue weighted by Crippen LogP contribution is -2.29. The molecule has 0 fully saturated rings. The van der Waals surface area contributed by atoms with Gasteiger partial charge >= 0.3 is 0 Å². The number of anilines is 2. The number of hydrogen-bond acceptors (Lipinski definition) is 3. The van der Waals surface area contributed by atoms with Crippen molar-refractivity contribution < 1.29 is 8.42 Å². The molecular formula is C25H22Cl2N2O2S.